The monoisotopic (exact) mass is 311 g/mol. The lowest BCUT2D eigenvalue weighted by Gasteiger charge is -2.29. The normalized spacial score (nSPS) is 20.6. The van der Waals surface area contributed by atoms with E-state index < -0.39 is 10.0 Å². The van der Waals surface area contributed by atoms with Gasteiger partial charge in [0.15, 0.2) is 0 Å². The quantitative estimate of drug-likeness (QED) is 0.827. The van der Waals surface area contributed by atoms with E-state index in [1.165, 1.54) is 0 Å². The van der Waals surface area contributed by atoms with Crippen molar-refractivity contribution in [3.8, 4) is 0 Å². The Labute approximate surface area is 127 Å². The van der Waals surface area contributed by atoms with Crippen molar-refractivity contribution in [2.75, 3.05) is 32.4 Å². The minimum absolute atomic E-state index is 0.362. The molecule has 0 spiro atoms. The lowest BCUT2D eigenvalue weighted by molar-refractivity contribution is 0.211. The van der Waals surface area contributed by atoms with Gasteiger partial charge in [-0.25, -0.2) is 13.1 Å². The van der Waals surface area contributed by atoms with Crippen molar-refractivity contribution in [2.45, 2.75) is 31.6 Å². The van der Waals surface area contributed by atoms with Crippen molar-refractivity contribution in [3.63, 3.8) is 0 Å². The SMILES string of the molecule is Cc1cc(N)cc(C)c1S(=O)(=O)NCC1CCCN(C)C1. The minimum atomic E-state index is -3.48. The Morgan fingerprint density at radius 1 is 1.33 bits per heavy atom. The number of benzene rings is 1. The van der Waals surface area contributed by atoms with Crippen LogP contribution in [-0.4, -0.2) is 40.0 Å². The van der Waals surface area contributed by atoms with Crippen molar-refractivity contribution in [1.82, 2.24) is 9.62 Å². The number of nitrogens with two attached hydrogens (primary N) is 1. The number of nitrogen functional groups attached to an aromatic ring is 1. The van der Waals surface area contributed by atoms with Crippen LogP contribution in [0.4, 0.5) is 5.69 Å². The number of rotatable bonds is 4. The molecule has 1 aliphatic heterocycles. The van der Waals surface area contributed by atoms with Gasteiger partial charge in [-0.1, -0.05) is 0 Å². The van der Waals surface area contributed by atoms with Gasteiger partial charge in [0.25, 0.3) is 0 Å². The lowest BCUT2D eigenvalue weighted by Crippen LogP contribution is -2.39. The largest absolute Gasteiger partial charge is 0.399 e. The van der Waals surface area contributed by atoms with Crippen LogP contribution in [0.25, 0.3) is 0 Å². The average molecular weight is 311 g/mol. The zero-order valence-corrected chi connectivity index (χ0v) is 13.8. The van der Waals surface area contributed by atoms with Crippen LogP contribution in [0.3, 0.4) is 0 Å². The molecule has 6 heteroatoms. The molecule has 3 N–H and O–H groups in total. The van der Waals surface area contributed by atoms with Crippen LogP contribution in [0.1, 0.15) is 24.0 Å². The highest BCUT2D eigenvalue weighted by Crippen LogP contribution is 2.23. The van der Waals surface area contributed by atoms with Crippen molar-refractivity contribution in [2.24, 2.45) is 5.92 Å². The molecule has 0 aliphatic carbocycles. The Hall–Kier alpha value is -1.11. The second kappa shape index (κ2) is 6.34. The summed E-state index contributed by atoms with van der Waals surface area (Å²) in [7, 11) is -1.40. The summed E-state index contributed by atoms with van der Waals surface area (Å²) in [4.78, 5) is 2.61. The standard InChI is InChI=1S/C15H25N3O2S/c1-11-7-14(16)8-12(2)15(11)21(19,20)17-9-13-5-4-6-18(3)10-13/h7-8,13,17H,4-6,9-10,16H2,1-3H3. The highest BCUT2D eigenvalue weighted by molar-refractivity contribution is 7.89. The van der Waals surface area contributed by atoms with E-state index >= 15 is 0 Å². The van der Waals surface area contributed by atoms with Gasteiger partial charge in [0.1, 0.15) is 0 Å². The summed E-state index contributed by atoms with van der Waals surface area (Å²) in [6.07, 6.45) is 2.20. The molecule has 5 nitrogen and oxygen atoms in total. The van der Waals surface area contributed by atoms with E-state index in [1.54, 1.807) is 26.0 Å². The second-order valence-corrected chi connectivity index (χ2v) is 7.81. The highest BCUT2D eigenvalue weighted by atomic mass is 32.2. The topological polar surface area (TPSA) is 75.4 Å². The van der Waals surface area contributed by atoms with Gasteiger partial charge in [-0.15, -0.1) is 0 Å². The zero-order chi connectivity index (χ0) is 15.6. The first-order valence-electron chi connectivity index (χ1n) is 7.34. The molecule has 2 rings (SSSR count). The molecule has 0 amide bonds. The van der Waals surface area contributed by atoms with Gasteiger partial charge in [0.05, 0.1) is 4.90 Å². The molecule has 1 aliphatic rings. The summed E-state index contributed by atoms with van der Waals surface area (Å²) in [5, 5.41) is 0. The molecular weight excluding hydrogens is 286 g/mol. The Bertz CT molecular complexity index is 590. The summed E-state index contributed by atoms with van der Waals surface area (Å²) in [5.74, 6) is 0.382. The molecule has 1 heterocycles. The summed E-state index contributed by atoms with van der Waals surface area (Å²) in [6, 6.07) is 3.41. The number of hydrogen-bond donors (Lipinski definition) is 2. The van der Waals surface area contributed by atoms with Gasteiger partial charge in [0, 0.05) is 18.8 Å². The first-order chi connectivity index (χ1) is 9.79. The predicted octanol–water partition coefficient (Wildman–Crippen LogP) is 1.51. The first kappa shape index (κ1) is 16.3. The molecule has 1 fully saturated rings. The van der Waals surface area contributed by atoms with Crippen molar-refractivity contribution >= 4 is 15.7 Å². The van der Waals surface area contributed by atoms with E-state index in [0.717, 1.165) is 25.9 Å². The molecule has 1 saturated heterocycles. The van der Waals surface area contributed by atoms with Gasteiger partial charge in [-0.3, -0.25) is 0 Å². The number of likely N-dealkylation sites (tertiary alicyclic amines) is 1. The van der Waals surface area contributed by atoms with Crippen LogP contribution >= 0.6 is 0 Å². The predicted molar refractivity (Wildman–Crippen MR) is 85.7 cm³/mol. The fraction of sp³-hybridized carbons (Fsp3) is 0.600. The third-order valence-electron chi connectivity index (χ3n) is 4.04. The molecule has 0 aromatic heterocycles. The second-order valence-electron chi connectivity index (χ2n) is 6.11. The third kappa shape index (κ3) is 3.96. The highest BCUT2D eigenvalue weighted by Gasteiger charge is 2.23. The Morgan fingerprint density at radius 2 is 1.95 bits per heavy atom. The van der Waals surface area contributed by atoms with Gasteiger partial charge in [0.2, 0.25) is 10.0 Å². The Kier molecular flexibility index (Phi) is 4.91. The van der Waals surface area contributed by atoms with E-state index in [1.807, 2.05) is 0 Å². The number of nitrogens with zero attached hydrogens (tertiary/aromatic N) is 1. The molecule has 0 bridgehead atoms. The van der Waals surface area contributed by atoms with Crippen LogP contribution in [0.15, 0.2) is 17.0 Å². The summed E-state index contributed by atoms with van der Waals surface area (Å²) < 4.78 is 27.9. The third-order valence-corrected chi connectivity index (χ3v) is 5.76. The lowest BCUT2D eigenvalue weighted by atomic mass is 9.99. The maximum Gasteiger partial charge on any atom is 0.241 e. The van der Waals surface area contributed by atoms with Gasteiger partial charge in [-0.05, 0) is 69.5 Å². The molecular formula is C15H25N3O2S. The molecule has 0 saturated carbocycles. The molecule has 1 unspecified atom stereocenters. The summed E-state index contributed by atoms with van der Waals surface area (Å²) in [6.45, 7) is 6.11. The summed E-state index contributed by atoms with van der Waals surface area (Å²) in [5.41, 5.74) is 7.74. The van der Waals surface area contributed by atoms with E-state index in [9.17, 15) is 8.42 Å². The van der Waals surface area contributed by atoms with E-state index in [4.69, 9.17) is 5.73 Å². The molecule has 21 heavy (non-hydrogen) atoms. The summed E-state index contributed by atoms with van der Waals surface area (Å²) >= 11 is 0. The molecule has 118 valence electrons. The molecule has 1 aromatic rings. The average Bonchev–Trinajstić information content (AvgIpc) is 2.35. The Balaban J connectivity index is 2.12. The Morgan fingerprint density at radius 3 is 2.52 bits per heavy atom. The van der Waals surface area contributed by atoms with Crippen LogP contribution in [-0.2, 0) is 10.0 Å². The first-order valence-corrected chi connectivity index (χ1v) is 8.83. The van der Waals surface area contributed by atoms with Crippen molar-refractivity contribution < 1.29 is 8.42 Å². The van der Waals surface area contributed by atoms with Crippen LogP contribution < -0.4 is 10.5 Å². The van der Waals surface area contributed by atoms with Crippen LogP contribution in [0.5, 0.6) is 0 Å². The van der Waals surface area contributed by atoms with E-state index in [-0.39, 0.29) is 0 Å². The van der Waals surface area contributed by atoms with E-state index in [0.29, 0.717) is 34.2 Å². The number of sulfonamides is 1. The van der Waals surface area contributed by atoms with Gasteiger partial charge in [-0.2, -0.15) is 0 Å². The number of nitrogens with one attached hydrogen (secondary N) is 1. The zero-order valence-electron chi connectivity index (χ0n) is 13.0. The number of piperidine rings is 1. The van der Waals surface area contributed by atoms with Gasteiger partial charge < -0.3 is 10.6 Å². The smallest absolute Gasteiger partial charge is 0.241 e. The molecule has 0 radical (unpaired) electrons. The van der Waals surface area contributed by atoms with Crippen molar-refractivity contribution in [1.29, 1.82) is 0 Å². The number of anilines is 1. The maximum absolute atomic E-state index is 12.5. The van der Waals surface area contributed by atoms with Crippen LogP contribution in [0.2, 0.25) is 0 Å². The van der Waals surface area contributed by atoms with Gasteiger partial charge >= 0.3 is 0 Å². The fourth-order valence-electron chi connectivity index (χ4n) is 3.15. The van der Waals surface area contributed by atoms with Crippen molar-refractivity contribution in [3.05, 3.63) is 23.3 Å². The van der Waals surface area contributed by atoms with E-state index in [2.05, 4.69) is 16.7 Å². The maximum atomic E-state index is 12.5. The van der Waals surface area contributed by atoms with Crippen LogP contribution in [0, 0.1) is 19.8 Å². The fourth-order valence-corrected chi connectivity index (χ4v) is 4.71. The molecule has 1 aromatic carbocycles. The number of aryl methyl sites for hydroxylation is 2. The molecule has 1 atom stereocenters. The minimum Gasteiger partial charge on any atom is -0.399 e. The number of hydrogen-bond acceptors (Lipinski definition) is 4.